The van der Waals surface area contributed by atoms with E-state index in [4.69, 9.17) is 0 Å². The highest BCUT2D eigenvalue weighted by Crippen LogP contribution is 2.14. The van der Waals surface area contributed by atoms with E-state index < -0.39 is 0 Å². The van der Waals surface area contributed by atoms with Crippen molar-refractivity contribution in [3.8, 4) is 0 Å². The van der Waals surface area contributed by atoms with Crippen LogP contribution in [0, 0.1) is 0 Å². The Morgan fingerprint density at radius 1 is 1.54 bits per heavy atom. The van der Waals surface area contributed by atoms with Crippen LogP contribution in [0.3, 0.4) is 0 Å². The maximum atomic E-state index is 3.97. The minimum Gasteiger partial charge on any atom is -0.278 e. The smallest absolute Gasteiger partial charge is 0.0653 e. The standard InChI is InChI=1S/C11H12N2/c1-8(2)5-9-3-4-10-7-12-13-11(10)6-9/h3-4,6-7H,1,5H2,2H3,(H,12,13). The summed E-state index contributed by atoms with van der Waals surface area (Å²) >= 11 is 0. The van der Waals surface area contributed by atoms with Gasteiger partial charge in [0, 0.05) is 5.39 Å². The fourth-order valence-corrected chi connectivity index (χ4v) is 1.44. The molecule has 0 radical (unpaired) electrons. The maximum absolute atomic E-state index is 3.97. The molecular formula is C11H12N2. The van der Waals surface area contributed by atoms with Gasteiger partial charge in [-0.1, -0.05) is 24.3 Å². The number of hydrogen-bond donors (Lipinski definition) is 1. The molecule has 0 aliphatic carbocycles. The molecule has 2 aromatic rings. The molecule has 1 aromatic carbocycles. The van der Waals surface area contributed by atoms with Crippen molar-refractivity contribution in [1.82, 2.24) is 10.2 Å². The average Bonchev–Trinajstić information content (AvgIpc) is 2.49. The minimum absolute atomic E-state index is 0.939. The second-order valence-corrected chi connectivity index (χ2v) is 3.43. The average molecular weight is 172 g/mol. The first-order valence-electron chi connectivity index (χ1n) is 4.32. The van der Waals surface area contributed by atoms with Crippen molar-refractivity contribution < 1.29 is 0 Å². The van der Waals surface area contributed by atoms with Crippen LogP contribution in [0.2, 0.25) is 0 Å². The first-order valence-corrected chi connectivity index (χ1v) is 4.32. The molecule has 1 heterocycles. The number of benzene rings is 1. The van der Waals surface area contributed by atoms with Gasteiger partial charge in [-0.2, -0.15) is 5.10 Å². The van der Waals surface area contributed by atoms with E-state index in [1.165, 1.54) is 11.1 Å². The Morgan fingerprint density at radius 3 is 3.15 bits per heavy atom. The van der Waals surface area contributed by atoms with E-state index in [1.807, 2.05) is 13.1 Å². The van der Waals surface area contributed by atoms with Crippen molar-refractivity contribution in [3.05, 3.63) is 42.1 Å². The summed E-state index contributed by atoms with van der Waals surface area (Å²) in [7, 11) is 0. The molecule has 1 aromatic heterocycles. The number of rotatable bonds is 2. The molecule has 0 saturated carbocycles. The third-order valence-corrected chi connectivity index (χ3v) is 2.01. The minimum atomic E-state index is 0.939. The van der Waals surface area contributed by atoms with Gasteiger partial charge in [0.05, 0.1) is 11.7 Å². The molecular weight excluding hydrogens is 160 g/mol. The molecule has 2 nitrogen and oxygen atoms in total. The highest BCUT2D eigenvalue weighted by atomic mass is 15.1. The Morgan fingerprint density at radius 2 is 2.38 bits per heavy atom. The van der Waals surface area contributed by atoms with Crippen molar-refractivity contribution in [2.75, 3.05) is 0 Å². The van der Waals surface area contributed by atoms with E-state index in [-0.39, 0.29) is 0 Å². The van der Waals surface area contributed by atoms with Crippen LogP contribution in [-0.4, -0.2) is 10.2 Å². The van der Waals surface area contributed by atoms with Crippen LogP contribution >= 0.6 is 0 Å². The molecule has 0 aliphatic rings. The quantitative estimate of drug-likeness (QED) is 0.693. The SMILES string of the molecule is C=C(C)Cc1ccc2cn[nH]c2c1. The Balaban J connectivity index is 2.42. The van der Waals surface area contributed by atoms with Crippen molar-refractivity contribution >= 4 is 10.9 Å². The van der Waals surface area contributed by atoms with E-state index >= 15 is 0 Å². The number of nitrogens with one attached hydrogen (secondary N) is 1. The van der Waals surface area contributed by atoms with Gasteiger partial charge >= 0.3 is 0 Å². The van der Waals surface area contributed by atoms with Gasteiger partial charge in [0.25, 0.3) is 0 Å². The summed E-state index contributed by atoms with van der Waals surface area (Å²) in [6, 6.07) is 6.32. The molecule has 0 atom stereocenters. The largest absolute Gasteiger partial charge is 0.278 e. The van der Waals surface area contributed by atoms with E-state index in [1.54, 1.807) is 0 Å². The van der Waals surface area contributed by atoms with Crippen LogP contribution in [0.25, 0.3) is 10.9 Å². The first-order chi connectivity index (χ1) is 6.25. The summed E-state index contributed by atoms with van der Waals surface area (Å²) in [6.07, 6.45) is 2.77. The van der Waals surface area contributed by atoms with Gasteiger partial charge < -0.3 is 0 Å². The number of fused-ring (bicyclic) bond motifs is 1. The predicted molar refractivity (Wildman–Crippen MR) is 54.6 cm³/mol. The van der Waals surface area contributed by atoms with Crippen LogP contribution in [0.1, 0.15) is 12.5 Å². The fraction of sp³-hybridized carbons (Fsp3) is 0.182. The zero-order valence-corrected chi connectivity index (χ0v) is 7.67. The van der Waals surface area contributed by atoms with Crippen molar-refractivity contribution in [3.63, 3.8) is 0 Å². The second-order valence-electron chi connectivity index (χ2n) is 3.43. The Kier molecular flexibility index (Phi) is 1.89. The van der Waals surface area contributed by atoms with Gasteiger partial charge in [0.1, 0.15) is 0 Å². The number of hydrogen-bond acceptors (Lipinski definition) is 1. The van der Waals surface area contributed by atoms with Crippen molar-refractivity contribution in [2.24, 2.45) is 0 Å². The molecule has 0 bridgehead atoms. The van der Waals surface area contributed by atoms with E-state index in [2.05, 4.69) is 35.0 Å². The van der Waals surface area contributed by atoms with Crippen LogP contribution in [0.15, 0.2) is 36.5 Å². The number of aromatic nitrogens is 2. The third-order valence-electron chi connectivity index (χ3n) is 2.01. The first kappa shape index (κ1) is 8.05. The van der Waals surface area contributed by atoms with Crippen LogP contribution < -0.4 is 0 Å². The Bertz CT molecular complexity index is 440. The zero-order valence-electron chi connectivity index (χ0n) is 7.67. The van der Waals surface area contributed by atoms with E-state index in [9.17, 15) is 0 Å². The van der Waals surface area contributed by atoms with Crippen molar-refractivity contribution in [2.45, 2.75) is 13.3 Å². The normalized spacial score (nSPS) is 10.5. The molecule has 1 N–H and O–H groups in total. The molecule has 2 heteroatoms. The lowest BCUT2D eigenvalue weighted by atomic mass is 10.1. The lowest BCUT2D eigenvalue weighted by Crippen LogP contribution is -1.84. The van der Waals surface area contributed by atoms with Crippen LogP contribution in [-0.2, 0) is 6.42 Å². The van der Waals surface area contributed by atoms with E-state index in [0.717, 1.165) is 17.3 Å². The molecule has 13 heavy (non-hydrogen) atoms. The maximum Gasteiger partial charge on any atom is 0.0653 e. The monoisotopic (exact) mass is 172 g/mol. The van der Waals surface area contributed by atoms with Gasteiger partial charge in [-0.25, -0.2) is 0 Å². The molecule has 66 valence electrons. The lowest BCUT2D eigenvalue weighted by molar-refractivity contribution is 1.11. The predicted octanol–water partition coefficient (Wildman–Crippen LogP) is 2.68. The molecule has 0 fully saturated rings. The number of H-pyrrole nitrogens is 1. The van der Waals surface area contributed by atoms with Gasteiger partial charge in [-0.05, 0) is 25.0 Å². The van der Waals surface area contributed by atoms with Gasteiger partial charge in [-0.15, -0.1) is 0 Å². The Hall–Kier alpha value is -1.57. The third kappa shape index (κ3) is 1.61. The Labute approximate surface area is 77.3 Å². The molecule has 0 amide bonds. The molecule has 0 aliphatic heterocycles. The number of allylic oxidation sites excluding steroid dienone is 1. The summed E-state index contributed by atoms with van der Waals surface area (Å²) < 4.78 is 0. The summed E-state index contributed by atoms with van der Waals surface area (Å²) in [5.41, 5.74) is 3.56. The topological polar surface area (TPSA) is 28.7 Å². The second kappa shape index (κ2) is 3.05. The summed E-state index contributed by atoms with van der Waals surface area (Å²) in [6.45, 7) is 5.93. The van der Waals surface area contributed by atoms with Crippen LogP contribution in [0.4, 0.5) is 0 Å². The molecule has 0 unspecified atom stereocenters. The van der Waals surface area contributed by atoms with Gasteiger partial charge in [0.2, 0.25) is 0 Å². The van der Waals surface area contributed by atoms with Crippen molar-refractivity contribution in [1.29, 1.82) is 0 Å². The van der Waals surface area contributed by atoms with Crippen LogP contribution in [0.5, 0.6) is 0 Å². The molecule has 0 spiro atoms. The number of nitrogens with zero attached hydrogens (tertiary/aromatic N) is 1. The highest BCUT2D eigenvalue weighted by Gasteiger charge is 1.97. The molecule has 2 rings (SSSR count). The summed E-state index contributed by atoms with van der Waals surface area (Å²) in [5, 5.41) is 8.09. The lowest BCUT2D eigenvalue weighted by Gasteiger charge is -1.99. The van der Waals surface area contributed by atoms with Gasteiger partial charge in [0.15, 0.2) is 0 Å². The van der Waals surface area contributed by atoms with Gasteiger partial charge in [-0.3, -0.25) is 5.10 Å². The fourth-order valence-electron chi connectivity index (χ4n) is 1.44. The highest BCUT2D eigenvalue weighted by molar-refractivity contribution is 5.78. The summed E-state index contributed by atoms with van der Waals surface area (Å²) in [5.74, 6) is 0. The van der Waals surface area contributed by atoms with E-state index in [0.29, 0.717) is 0 Å². The number of aromatic amines is 1. The zero-order chi connectivity index (χ0) is 9.26. The molecule has 0 saturated heterocycles. The summed E-state index contributed by atoms with van der Waals surface area (Å²) in [4.78, 5) is 0.